The maximum absolute atomic E-state index is 13.1. The first kappa shape index (κ1) is 71.4. The molecule has 1 rings (SSSR count). The van der Waals surface area contributed by atoms with Gasteiger partial charge in [0.05, 0.1) is 6.61 Å². The van der Waals surface area contributed by atoms with Gasteiger partial charge in [-0.2, -0.15) is 0 Å². The summed E-state index contributed by atoms with van der Waals surface area (Å²) < 4.78 is 28.4. The molecule has 0 saturated carbocycles. The summed E-state index contributed by atoms with van der Waals surface area (Å²) in [5.41, 5.74) is 0. The first-order valence-corrected chi connectivity index (χ1v) is 31.3. The lowest BCUT2D eigenvalue weighted by Gasteiger charge is -2.40. The molecule has 1 heterocycles. The molecule has 12 heteroatoms. The summed E-state index contributed by atoms with van der Waals surface area (Å²) in [7, 11) is 0. The summed E-state index contributed by atoms with van der Waals surface area (Å²) in [5, 5.41) is 31.5. The summed E-state index contributed by atoms with van der Waals surface area (Å²) in [5.74, 6) is -3.14. The molecule has 0 radical (unpaired) electrons. The summed E-state index contributed by atoms with van der Waals surface area (Å²) in [6.45, 7) is 5.87. The van der Waals surface area contributed by atoms with Crippen molar-refractivity contribution >= 4 is 23.9 Å². The minimum atomic E-state index is -1.91. The number of aliphatic carboxylic acids is 1. The molecule has 0 aromatic heterocycles. The van der Waals surface area contributed by atoms with Crippen LogP contribution < -0.4 is 0 Å². The van der Waals surface area contributed by atoms with Crippen molar-refractivity contribution in [3.63, 3.8) is 0 Å². The van der Waals surface area contributed by atoms with Gasteiger partial charge in [-0.05, 0) is 83.5 Å². The maximum atomic E-state index is 13.1. The van der Waals surface area contributed by atoms with E-state index in [-0.39, 0.29) is 25.9 Å². The molecule has 77 heavy (non-hydrogen) atoms. The van der Waals surface area contributed by atoms with Crippen molar-refractivity contribution in [1.29, 1.82) is 0 Å². The topological polar surface area (TPSA) is 175 Å². The largest absolute Gasteiger partial charge is 0.479 e. The Hall–Kier alpha value is -3.58. The molecule has 0 aliphatic carbocycles. The summed E-state index contributed by atoms with van der Waals surface area (Å²) >= 11 is 0. The monoisotopic (exact) mass is 1080 g/mol. The highest BCUT2D eigenvalue weighted by molar-refractivity contribution is 5.74. The van der Waals surface area contributed by atoms with Crippen LogP contribution in [-0.2, 0) is 42.9 Å². The molecule has 1 aliphatic heterocycles. The molecule has 444 valence electrons. The second-order valence-corrected chi connectivity index (χ2v) is 21.3. The van der Waals surface area contributed by atoms with Gasteiger partial charge in [0.15, 0.2) is 24.6 Å². The van der Waals surface area contributed by atoms with E-state index in [1.54, 1.807) is 0 Å². The number of ether oxygens (including phenoxy) is 5. The van der Waals surface area contributed by atoms with Gasteiger partial charge in [-0.25, -0.2) is 4.79 Å². The lowest BCUT2D eigenvalue weighted by atomic mass is 9.98. The van der Waals surface area contributed by atoms with Crippen LogP contribution in [-0.4, -0.2) is 89.2 Å². The second-order valence-electron chi connectivity index (χ2n) is 21.3. The van der Waals surface area contributed by atoms with Crippen molar-refractivity contribution in [2.24, 2.45) is 0 Å². The normalized spacial score (nSPS) is 18.4. The predicted octanol–water partition coefficient (Wildman–Crippen LogP) is 16.3. The van der Waals surface area contributed by atoms with E-state index in [4.69, 9.17) is 23.7 Å². The fraction of sp³-hybridized carbons (Fsp3) is 0.785. The Morgan fingerprint density at radius 3 is 1.26 bits per heavy atom. The molecule has 12 nitrogen and oxygen atoms in total. The molecule has 1 aliphatic rings. The minimum Gasteiger partial charge on any atom is -0.479 e. The van der Waals surface area contributed by atoms with Crippen molar-refractivity contribution in [2.45, 2.75) is 314 Å². The van der Waals surface area contributed by atoms with E-state index in [0.29, 0.717) is 19.3 Å². The summed E-state index contributed by atoms with van der Waals surface area (Å²) in [4.78, 5) is 51.2. The van der Waals surface area contributed by atoms with Gasteiger partial charge in [-0.1, -0.05) is 236 Å². The van der Waals surface area contributed by atoms with E-state index < -0.39 is 67.3 Å². The summed E-state index contributed by atoms with van der Waals surface area (Å²) in [6, 6.07) is 0. The van der Waals surface area contributed by atoms with Gasteiger partial charge < -0.3 is 39.0 Å². The van der Waals surface area contributed by atoms with Crippen LogP contribution in [0.25, 0.3) is 0 Å². The number of carboxylic acids is 1. The number of carbonyl (C=O) groups excluding carboxylic acids is 3. The highest BCUT2D eigenvalue weighted by Gasteiger charge is 2.50. The van der Waals surface area contributed by atoms with Crippen LogP contribution >= 0.6 is 0 Å². The van der Waals surface area contributed by atoms with Crippen molar-refractivity contribution < 1.29 is 58.2 Å². The average molecular weight is 1090 g/mol. The molecule has 0 spiro atoms. The molecule has 0 amide bonds. The Kier molecular flexibility index (Phi) is 49.2. The third-order valence-electron chi connectivity index (χ3n) is 14.1. The maximum Gasteiger partial charge on any atom is 0.335 e. The molecule has 0 aromatic rings. The van der Waals surface area contributed by atoms with E-state index in [9.17, 15) is 34.5 Å². The summed E-state index contributed by atoms with van der Waals surface area (Å²) in [6.07, 6.45) is 53.3. The number of unbranched alkanes of at least 4 members (excludes halogenated alkanes) is 29. The van der Waals surface area contributed by atoms with Crippen molar-refractivity contribution in [3.8, 4) is 0 Å². The van der Waals surface area contributed by atoms with Crippen molar-refractivity contribution in [3.05, 3.63) is 60.8 Å². The van der Waals surface area contributed by atoms with Gasteiger partial charge in [0.25, 0.3) is 0 Å². The first-order chi connectivity index (χ1) is 37.6. The first-order valence-electron chi connectivity index (χ1n) is 31.3. The zero-order valence-electron chi connectivity index (χ0n) is 49.0. The van der Waals surface area contributed by atoms with Gasteiger partial charge in [-0.3, -0.25) is 14.4 Å². The molecule has 1 saturated heterocycles. The van der Waals surface area contributed by atoms with E-state index in [1.807, 2.05) is 0 Å². The van der Waals surface area contributed by atoms with Crippen molar-refractivity contribution in [1.82, 2.24) is 0 Å². The minimum absolute atomic E-state index is 0.0568. The van der Waals surface area contributed by atoms with Crippen LogP contribution in [0.5, 0.6) is 0 Å². The number of aliphatic hydroxyl groups excluding tert-OH is 2. The number of hydrogen-bond acceptors (Lipinski definition) is 11. The fourth-order valence-corrected chi connectivity index (χ4v) is 9.30. The fourth-order valence-electron chi connectivity index (χ4n) is 9.30. The number of hydrogen-bond donors (Lipinski definition) is 3. The van der Waals surface area contributed by atoms with E-state index in [2.05, 4.69) is 81.5 Å². The Balaban J connectivity index is 2.64. The molecular formula is C65H112O12. The van der Waals surface area contributed by atoms with Gasteiger partial charge in [-0.15, -0.1) is 0 Å². The number of carboxylic acid groups (broad SMARTS) is 1. The molecule has 6 unspecified atom stereocenters. The van der Waals surface area contributed by atoms with E-state index in [1.165, 1.54) is 116 Å². The molecule has 3 N–H and O–H groups in total. The Morgan fingerprint density at radius 2 is 0.818 bits per heavy atom. The second kappa shape index (κ2) is 53.1. The zero-order valence-corrected chi connectivity index (χ0v) is 49.0. The third kappa shape index (κ3) is 43.0. The Bertz CT molecular complexity index is 1570. The predicted molar refractivity (Wildman–Crippen MR) is 312 cm³/mol. The van der Waals surface area contributed by atoms with Gasteiger partial charge in [0, 0.05) is 19.3 Å². The smallest absolute Gasteiger partial charge is 0.335 e. The zero-order chi connectivity index (χ0) is 56.1. The van der Waals surface area contributed by atoms with E-state index >= 15 is 0 Å². The molecular weight excluding hydrogens is 973 g/mol. The van der Waals surface area contributed by atoms with Crippen LogP contribution in [0.1, 0.15) is 278 Å². The quantitative estimate of drug-likeness (QED) is 0.0228. The highest BCUT2D eigenvalue weighted by Crippen LogP contribution is 2.27. The molecule has 1 fully saturated rings. The third-order valence-corrected chi connectivity index (χ3v) is 14.1. The number of allylic oxidation sites excluding steroid dienone is 10. The molecule has 6 atom stereocenters. The van der Waals surface area contributed by atoms with Gasteiger partial charge >= 0.3 is 23.9 Å². The lowest BCUT2D eigenvalue weighted by molar-refractivity contribution is -0.301. The number of aliphatic hydroxyl groups is 2. The van der Waals surface area contributed by atoms with Gasteiger partial charge in [0.1, 0.15) is 18.8 Å². The van der Waals surface area contributed by atoms with Crippen LogP contribution in [0.2, 0.25) is 0 Å². The van der Waals surface area contributed by atoms with Crippen LogP contribution in [0.4, 0.5) is 0 Å². The Labute approximate surface area is 468 Å². The lowest BCUT2D eigenvalue weighted by Crippen LogP contribution is -2.61. The molecule has 0 bridgehead atoms. The number of esters is 3. The van der Waals surface area contributed by atoms with Crippen molar-refractivity contribution in [2.75, 3.05) is 13.2 Å². The SMILES string of the molecule is CC/C=C\C/C=C\C/C=C\C/C=C\CCCCCCC(=O)OCC(COC1OC(C(=O)O)C(O)C(O)C1OC(=O)CCCCCCCCCCC/C=C\CCCCCCCC)OC(=O)CCCCCCCCCCCCC. The number of rotatable bonds is 53. The number of carbonyl (C=O) groups is 4. The van der Waals surface area contributed by atoms with Crippen LogP contribution in [0, 0.1) is 0 Å². The van der Waals surface area contributed by atoms with Gasteiger partial charge in [0.2, 0.25) is 0 Å². The Morgan fingerprint density at radius 1 is 0.442 bits per heavy atom. The average Bonchev–Trinajstić information content (AvgIpc) is 3.41. The highest BCUT2D eigenvalue weighted by atomic mass is 16.7. The standard InChI is InChI=1S/C65H112O12/c1-4-7-10-13-16-19-22-24-26-28-29-31-33-35-38-41-44-47-50-53-59(68)76-63-61(70)60(69)62(64(71)72)77-65(63)74-55-56(75-58(67)52-49-46-43-40-36-21-18-15-12-9-6-3)54-73-57(66)51-48-45-42-39-37-34-32-30-27-25-23-20-17-14-11-8-5-2/h8,11,17,20,24-27,32,34,56,60-63,65,69-70H,4-7,9-10,12-16,18-19,21-23,28-31,33,35-55H2,1-3H3,(H,71,72)/b11-8-,20-17-,26-24-,27-25-,34-32-. The molecule has 0 aromatic carbocycles. The van der Waals surface area contributed by atoms with E-state index in [0.717, 1.165) is 103 Å². The van der Waals surface area contributed by atoms with Crippen LogP contribution in [0.3, 0.4) is 0 Å². The van der Waals surface area contributed by atoms with Crippen LogP contribution in [0.15, 0.2) is 60.8 Å².